The maximum Gasteiger partial charge on any atom is 0.214 e. The quantitative estimate of drug-likeness (QED) is 0.812. The molecule has 0 aliphatic carbocycles. The van der Waals surface area contributed by atoms with Crippen LogP contribution in [0.3, 0.4) is 0 Å². The van der Waals surface area contributed by atoms with Gasteiger partial charge in [-0.2, -0.15) is 5.21 Å². The molecule has 0 radical (unpaired) electrons. The van der Waals surface area contributed by atoms with E-state index in [0.717, 1.165) is 8.66 Å². The SMILES string of the molecule is Brc1ccc(-c2nn[nH]n2)s1. The summed E-state index contributed by atoms with van der Waals surface area (Å²) in [7, 11) is 0. The molecule has 0 unspecified atom stereocenters. The molecule has 0 fully saturated rings. The number of aromatic nitrogens is 4. The third kappa shape index (κ3) is 1.31. The highest BCUT2D eigenvalue weighted by Crippen LogP contribution is 2.28. The van der Waals surface area contributed by atoms with Gasteiger partial charge in [0.05, 0.1) is 8.66 Å². The topological polar surface area (TPSA) is 54.5 Å². The molecule has 0 saturated carbocycles. The molecule has 0 spiro atoms. The third-order valence-corrected chi connectivity index (χ3v) is 2.76. The standard InChI is InChI=1S/C5H3BrN4S/c6-4-2-1-3(11-4)5-7-9-10-8-5/h1-2H,(H,7,8,9,10). The molecule has 0 aliphatic rings. The number of thiophene rings is 1. The van der Waals surface area contributed by atoms with Gasteiger partial charge in [-0.25, -0.2) is 0 Å². The second-order valence-electron chi connectivity index (χ2n) is 1.84. The number of hydrogen-bond acceptors (Lipinski definition) is 4. The zero-order valence-corrected chi connectivity index (χ0v) is 7.69. The Morgan fingerprint density at radius 1 is 1.45 bits per heavy atom. The predicted octanol–water partition coefficient (Wildman–Crippen LogP) is 1.69. The Kier molecular flexibility index (Phi) is 1.71. The monoisotopic (exact) mass is 230 g/mol. The van der Waals surface area contributed by atoms with Crippen LogP contribution in [-0.2, 0) is 0 Å². The van der Waals surface area contributed by atoms with Gasteiger partial charge in [0.1, 0.15) is 0 Å². The normalized spacial score (nSPS) is 10.3. The van der Waals surface area contributed by atoms with E-state index in [1.807, 2.05) is 12.1 Å². The second kappa shape index (κ2) is 2.71. The Morgan fingerprint density at radius 2 is 2.36 bits per heavy atom. The fraction of sp³-hybridized carbons (Fsp3) is 0. The third-order valence-electron chi connectivity index (χ3n) is 1.14. The number of halogens is 1. The largest absolute Gasteiger partial charge is 0.214 e. The maximum atomic E-state index is 3.84. The minimum absolute atomic E-state index is 0.640. The van der Waals surface area contributed by atoms with Crippen LogP contribution in [0.15, 0.2) is 15.9 Å². The van der Waals surface area contributed by atoms with Gasteiger partial charge in [0.25, 0.3) is 0 Å². The molecule has 0 bridgehead atoms. The van der Waals surface area contributed by atoms with Crippen molar-refractivity contribution in [3.05, 3.63) is 15.9 Å². The summed E-state index contributed by atoms with van der Waals surface area (Å²) >= 11 is 4.93. The van der Waals surface area contributed by atoms with E-state index >= 15 is 0 Å². The first kappa shape index (κ1) is 6.93. The van der Waals surface area contributed by atoms with Gasteiger partial charge >= 0.3 is 0 Å². The van der Waals surface area contributed by atoms with Gasteiger partial charge in [0, 0.05) is 0 Å². The van der Waals surface area contributed by atoms with Crippen molar-refractivity contribution >= 4 is 27.3 Å². The zero-order chi connectivity index (χ0) is 7.68. The van der Waals surface area contributed by atoms with Crippen LogP contribution in [0.2, 0.25) is 0 Å². The minimum atomic E-state index is 0.640. The van der Waals surface area contributed by atoms with E-state index in [1.165, 1.54) is 0 Å². The van der Waals surface area contributed by atoms with Crippen LogP contribution in [-0.4, -0.2) is 20.6 Å². The summed E-state index contributed by atoms with van der Waals surface area (Å²) in [6.45, 7) is 0. The second-order valence-corrected chi connectivity index (χ2v) is 4.30. The Labute approximate surface area is 74.8 Å². The summed E-state index contributed by atoms with van der Waals surface area (Å²) in [5, 5.41) is 13.5. The molecule has 6 heteroatoms. The number of tetrazole rings is 1. The molecule has 4 nitrogen and oxygen atoms in total. The first-order valence-electron chi connectivity index (χ1n) is 2.85. The summed E-state index contributed by atoms with van der Waals surface area (Å²) < 4.78 is 1.07. The van der Waals surface area contributed by atoms with Crippen LogP contribution in [0.25, 0.3) is 10.7 Å². The summed E-state index contributed by atoms with van der Waals surface area (Å²) in [4.78, 5) is 1.01. The van der Waals surface area contributed by atoms with E-state index in [1.54, 1.807) is 11.3 Å². The van der Waals surface area contributed by atoms with Crippen molar-refractivity contribution in [3.8, 4) is 10.7 Å². The van der Waals surface area contributed by atoms with E-state index in [-0.39, 0.29) is 0 Å². The van der Waals surface area contributed by atoms with Gasteiger partial charge in [0.15, 0.2) is 0 Å². The van der Waals surface area contributed by atoms with Crippen molar-refractivity contribution < 1.29 is 0 Å². The molecule has 0 aromatic carbocycles. The molecule has 11 heavy (non-hydrogen) atoms. The Hall–Kier alpha value is -0.750. The van der Waals surface area contributed by atoms with Crippen molar-refractivity contribution in [2.45, 2.75) is 0 Å². The molecule has 2 rings (SSSR count). The van der Waals surface area contributed by atoms with Crippen LogP contribution >= 0.6 is 27.3 Å². The average molecular weight is 231 g/mol. The number of nitrogens with zero attached hydrogens (tertiary/aromatic N) is 3. The summed E-state index contributed by atoms with van der Waals surface area (Å²) in [5.74, 6) is 0.640. The zero-order valence-electron chi connectivity index (χ0n) is 5.28. The summed E-state index contributed by atoms with van der Waals surface area (Å²) in [6.07, 6.45) is 0. The number of rotatable bonds is 1. The lowest BCUT2D eigenvalue weighted by atomic mass is 10.5. The highest BCUT2D eigenvalue weighted by molar-refractivity contribution is 9.11. The molecule has 0 atom stereocenters. The average Bonchev–Trinajstić information content (AvgIpc) is 2.55. The fourth-order valence-electron chi connectivity index (χ4n) is 0.701. The Balaban J connectivity index is 2.45. The lowest BCUT2D eigenvalue weighted by Gasteiger charge is -1.80. The van der Waals surface area contributed by atoms with E-state index < -0.39 is 0 Å². The van der Waals surface area contributed by atoms with Crippen LogP contribution in [0.4, 0.5) is 0 Å². The molecular formula is C5H3BrN4S. The number of aromatic amines is 1. The van der Waals surface area contributed by atoms with Gasteiger partial charge in [-0.05, 0) is 33.3 Å². The Morgan fingerprint density at radius 3 is 2.91 bits per heavy atom. The van der Waals surface area contributed by atoms with E-state index in [4.69, 9.17) is 0 Å². The number of nitrogens with one attached hydrogen (secondary N) is 1. The van der Waals surface area contributed by atoms with Crippen molar-refractivity contribution in [2.75, 3.05) is 0 Å². The van der Waals surface area contributed by atoms with Gasteiger partial charge in [-0.1, -0.05) is 0 Å². The fourth-order valence-corrected chi connectivity index (χ4v) is 2.02. The number of hydrogen-bond donors (Lipinski definition) is 1. The first-order chi connectivity index (χ1) is 5.36. The van der Waals surface area contributed by atoms with Crippen molar-refractivity contribution in [3.63, 3.8) is 0 Å². The van der Waals surface area contributed by atoms with Crippen molar-refractivity contribution in [2.24, 2.45) is 0 Å². The highest BCUT2D eigenvalue weighted by atomic mass is 79.9. The lowest BCUT2D eigenvalue weighted by Crippen LogP contribution is -1.73. The van der Waals surface area contributed by atoms with Gasteiger partial charge in [-0.15, -0.1) is 21.5 Å². The molecular weight excluding hydrogens is 228 g/mol. The summed E-state index contributed by atoms with van der Waals surface area (Å²) in [5.41, 5.74) is 0. The van der Waals surface area contributed by atoms with Crippen LogP contribution < -0.4 is 0 Å². The van der Waals surface area contributed by atoms with Gasteiger partial charge in [-0.3, -0.25) is 0 Å². The molecule has 2 heterocycles. The van der Waals surface area contributed by atoms with Crippen molar-refractivity contribution in [1.82, 2.24) is 20.6 Å². The van der Waals surface area contributed by atoms with E-state index in [0.29, 0.717) is 5.82 Å². The predicted molar refractivity (Wildman–Crippen MR) is 45.2 cm³/mol. The molecule has 2 aromatic rings. The maximum absolute atomic E-state index is 3.84. The van der Waals surface area contributed by atoms with Gasteiger partial charge < -0.3 is 0 Å². The lowest BCUT2D eigenvalue weighted by molar-refractivity contribution is 0.881. The Bertz CT molecular complexity index is 341. The van der Waals surface area contributed by atoms with E-state index in [9.17, 15) is 0 Å². The van der Waals surface area contributed by atoms with Crippen LogP contribution in [0, 0.1) is 0 Å². The highest BCUT2D eigenvalue weighted by Gasteiger charge is 2.04. The smallest absolute Gasteiger partial charge is 0.177 e. The molecule has 0 amide bonds. The minimum Gasteiger partial charge on any atom is -0.177 e. The molecule has 1 N–H and O–H groups in total. The molecule has 56 valence electrons. The number of H-pyrrole nitrogens is 1. The van der Waals surface area contributed by atoms with Crippen molar-refractivity contribution in [1.29, 1.82) is 0 Å². The van der Waals surface area contributed by atoms with E-state index in [2.05, 4.69) is 36.6 Å². The van der Waals surface area contributed by atoms with Crippen LogP contribution in [0.5, 0.6) is 0 Å². The van der Waals surface area contributed by atoms with Crippen LogP contribution in [0.1, 0.15) is 0 Å². The molecule has 0 aliphatic heterocycles. The summed E-state index contributed by atoms with van der Waals surface area (Å²) in [6, 6.07) is 3.90. The molecule has 2 aromatic heterocycles. The molecule has 0 saturated heterocycles. The van der Waals surface area contributed by atoms with Gasteiger partial charge in [0.2, 0.25) is 5.82 Å². The first-order valence-corrected chi connectivity index (χ1v) is 4.46.